The zero-order valence-corrected chi connectivity index (χ0v) is 15.4. The normalized spacial score (nSPS) is 19.8. The summed E-state index contributed by atoms with van der Waals surface area (Å²) >= 11 is 3.50. The van der Waals surface area contributed by atoms with Crippen LogP contribution >= 0.6 is 15.9 Å². The molecule has 1 aromatic carbocycles. The summed E-state index contributed by atoms with van der Waals surface area (Å²) in [6, 6.07) is 5.93. The molecule has 1 spiro atoms. The predicted molar refractivity (Wildman–Crippen MR) is 91.7 cm³/mol. The quantitative estimate of drug-likeness (QED) is 0.678. The second-order valence-electron chi connectivity index (χ2n) is 7.53. The lowest BCUT2D eigenvalue weighted by Crippen LogP contribution is -2.47. The monoisotopic (exact) mass is 379 g/mol. The molecule has 23 heavy (non-hydrogen) atoms. The lowest BCUT2D eigenvalue weighted by molar-refractivity contribution is 0.0114. The molecule has 4 nitrogen and oxygen atoms in total. The number of hydrogen-bond donors (Lipinski definition) is 0. The van der Waals surface area contributed by atoms with Gasteiger partial charge in [-0.15, -0.1) is 0 Å². The average molecular weight is 380 g/mol. The minimum absolute atomic E-state index is 0.226. The van der Waals surface area contributed by atoms with Crippen molar-refractivity contribution in [1.29, 1.82) is 0 Å². The van der Waals surface area contributed by atoms with Crippen LogP contribution < -0.4 is 0 Å². The van der Waals surface area contributed by atoms with E-state index in [2.05, 4.69) is 15.9 Å². The fraction of sp³-hybridized carbons (Fsp3) is 0.556. The summed E-state index contributed by atoms with van der Waals surface area (Å²) in [5.41, 5.74) is 1.12. The number of hydrogen-bond acceptors (Lipinski definition) is 3. The van der Waals surface area contributed by atoms with E-state index in [-0.39, 0.29) is 17.3 Å². The molecule has 1 aromatic rings. The molecule has 5 heteroatoms. The molecular weight excluding hydrogens is 358 g/mol. The standard InChI is InChI=1S/C18H22BrNO3/c1-17(2,3)23-16(22)20-9-7-18(8-10-20)11-12-5-4-6-13(19)14(12)15(18)21/h4-6H,7-11H2,1-3H3. The number of nitrogens with zero attached hydrogens (tertiary/aromatic N) is 1. The summed E-state index contributed by atoms with van der Waals surface area (Å²) in [5, 5.41) is 0. The lowest BCUT2D eigenvalue weighted by Gasteiger charge is -2.38. The Kier molecular flexibility index (Phi) is 4.03. The molecular formula is C18H22BrNO3. The largest absolute Gasteiger partial charge is 0.444 e. The number of ether oxygens (including phenoxy) is 1. The van der Waals surface area contributed by atoms with Gasteiger partial charge in [0.15, 0.2) is 5.78 Å². The molecule has 1 heterocycles. The molecule has 2 aliphatic rings. The third-order valence-corrected chi connectivity index (χ3v) is 5.37. The summed E-state index contributed by atoms with van der Waals surface area (Å²) in [5.74, 6) is 0.226. The highest BCUT2D eigenvalue weighted by Crippen LogP contribution is 2.46. The van der Waals surface area contributed by atoms with E-state index in [1.165, 1.54) is 0 Å². The molecule has 0 aromatic heterocycles. The molecule has 124 valence electrons. The van der Waals surface area contributed by atoms with Gasteiger partial charge in [0.1, 0.15) is 5.60 Å². The summed E-state index contributed by atoms with van der Waals surface area (Å²) in [6.45, 7) is 6.75. The molecule has 1 aliphatic heterocycles. The second kappa shape index (κ2) is 5.62. The first kappa shape index (κ1) is 16.5. The first-order valence-electron chi connectivity index (χ1n) is 8.02. The molecule has 0 bridgehead atoms. The van der Waals surface area contributed by atoms with Crippen LogP contribution in [0.25, 0.3) is 0 Å². The highest BCUT2D eigenvalue weighted by molar-refractivity contribution is 9.10. The number of halogens is 1. The van der Waals surface area contributed by atoms with Crippen molar-refractivity contribution in [2.75, 3.05) is 13.1 Å². The number of likely N-dealkylation sites (tertiary alicyclic amines) is 1. The molecule has 0 unspecified atom stereocenters. The van der Waals surface area contributed by atoms with Gasteiger partial charge in [0.2, 0.25) is 0 Å². The topological polar surface area (TPSA) is 46.6 Å². The van der Waals surface area contributed by atoms with Crippen LogP contribution in [0.5, 0.6) is 0 Å². The summed E-state index contributed by atoms with van der Waals surface area (Å²) in [7, 11) is 0. The molecule has 1 amide bonds. The first-order valence-corrected chi connectivity index (χ1v) is 8.81. The van der Waals surface area contributed by atoms with Gasteiger partial charge in [-0.1, -0.05) is 28.1 Å². The van der Waals surface area contributed by atoms with E-state index in [9.17, 15) is 9.59 Å². The van der Waals surface area contributed by atoms with E-state index in [0.717, 1.165) is 22.0 Å². The molecule has 0 saturated carbocycles. The number of piperidine rings is 1. The minimum Gasteiger partial charge on any atom is -0.444 e. The van der Waals surface area contributed by atoms with Crippen molar-refractivity contribution in [2.24, 2.45) is 5.41 Å². The van der Waals surface area contributed by atoms with Crippen LogP contribution in [0.15, 0.2) is 22.7 Å². The van der Waals surface area contributed by atoms with Gasteiger partial charge < -0.3 is 9.64 Å². The van der Waals surface area contributed by atoms with Crippen molar-refractivity contribution in [3.05, 3.63) is 33.8 Å². The number of carbonyl (C=O) groups excluding carboxylic acids is 2. The van der Waals surface area contributed by atoms with Crippen molar-refractivity contribution >= 4 is 27.8 Å². The number of Topliss-reactive ketones (excluding diaryl/α,β-unsaturated/α-hetero) is 1. The van der Waals surface area contributed by atoms with E-state index in [0.29, 0.717) is 25.9 Å². The van der Waals surface area contributed by atoms with E-state index in [4.69, 9.17) is 4.74 Å². The van der Waals surface area contributed by atoms with Gasteiger partial charge in [-0.05, 0) is 51.7 Å². The Balaban J connectivity index is 1.72. The Labute approximate surface area is 145 Å². The van der Waals surface area contributed by atoms with E-state index >= 15 is 0 Å². The fourth-order valence-corrected chi connectivity index (χ4v) is 4.12. The van der Waals surface area contributed by atoms with Crippen LogP contribution in [0.4, 0.5) is 4.79 Å². The number of fused-ring (bicyclic) bond motifs is 1. The van der Waals surface area contributed by atoms with Crippen molar-refractivity contribution in [3.63, 3.8) is 0 Å². The maximum absolute atomic E-state index is 12.9. The summed E-state index contributed by atoms with van der Waals surface area (Å²) < 4.78 is 6.31. The molecule has 3 rings (SSSR count). The summed E-state index contributed by atoms with van der Waals surface area (Å²) in [6.07, 6.45) is 1.90. The van der Waals surface area contributed by atoms with Crippen molar-refractivity contribution in [2.45, 2.75) is 45.6 Å². The van der Waals surface area contributed by atoms with E-state index in [1.54, 1.807) is 4.90 Å². The minimum atomic E-state index is -0.490. The number of benzene rings is 1. The van der Waals surface area contributed by atoms with Crippen LogP contribution in [0.2, 0.25) is 0 Å². The third kappa shape index (κ3) is 3.03. The van der Waals surface area contributed by atoms with Gasteiger partial charge in [0.05, 0.1) is 0 Å². The molecule has 0 N–H and O–H groups in total. The molecule has 0 radical (unpaired) electrons. The van der Waals surface area contributed by atoms with Gasteiger partial charge in [0, 0.05) is 28.5 Å². The van der Waals surface area contributed by atoms with Gasteiger partial charge in [-0.25, -0.2) is 4.79 Å². The average Bonchev–Trinajstić information content (AvgIpc) is 2.72. The lowest BCUT2D eigenvalue weighted by atomic mass is 9.75. The van der Waals surface area contributed by atoms with Gasteiger partial charge in [-0.2, -0.15) is 0 Å². The zero-order valence-electron chi connectivity index (χ0n) is 13.8. The van der Waals surface area contributed by atoms with Crippen LogP contribution in [-0.4, -0.2) is 35.5 Å². The Hall–Kier alpha value is -1.36. The zero-order chi connectivity index (χ0) is 16.8. The van der Waals surface area contributed by atoms with E-state index in [1.807, 2.05) is 39.0 Å². The van der Waals surface area contributed by atoms with Crippen LogP contribution in [0.1, 0.15) is 49.5 Å². The van der Waals surface area contributed by atoms with Crippen molar-refractivity contribution in [1.82, 2.24) is 4.90 Å². The maximum atomic E-state index is 12.9. The number of amides is 1. The van der Waals surface area contributed by atoms with Crippen LogP contribution in [0.3, 0.4) is 0 Å². The van der Waals surface area contributed by atoms with Crippen molar-refractivity contribution < 1.29 is 14.3 Å². The van der Waals surface area contributed by atoms with Gasteiger partial charge in [-0.3, -0.25) is 4.79 Å². The Morgan fingerprint density at radius 2 is 1.91 bits per heavy atom. The highest BCUT2D eigenvalue weighted by Gasteiger charge is 2.48. The maximum Gasteiger partial charge on any atom is 0.410 e. The van der Waals surface area contributed by atoms with E-state index < -0.39 is 5.60 Å². The Morgan fingerprint density at radius 3 is 2.48 bits per heavy atom. The Morgan fingerprint density at radius 1 is 1.26 bits per heavy atom. The molecule has 0 atom stereocenters. The number of ketones is 1. The fourth-order valence-electron chi connectivity index (χ4n) is 3.53. The van der Waals surface area contributed by atoms with Crippen molar-refractivity contribution in [3.8, 4) is 0 Å². The number of rotatable bonds is 0. The van der Waals surface area contributed by atoms with Gasteiger partial charge in [0.25, 0.3) is 0 Å². The van der Waals surface area contributed by atoms with Crippen LogP contribution in [0, 0.1) is 5.41 Å². The van der Waals surface area contributed by atoms with Crippen LogP contribution in [-0.2, 0) is 11.2 Å². The summed E-state index contributed by atoms with van der Waals surface area (Å²) in [4.78, 5) is 26.8. The second-order valence-corrected chi connectivity index (χ2v) is 8.38. The smallest absolute Gasteiger partial charge is 0.410 e. The molecule has 1 aliphatic carbocycles. The Bertz CT molecular complexity index is 655. The third-order valence-electron chi connectivity index (χ3n) is 4.71. The highest BCUT2D eigenvalue weighted by atomic mass is 79.9. The first-order chi connectivity index (χ1) is 10.7. The number of carbonyl (C=O) groups is 2. The molecule has 1 fully saturated rings. The molecule has 1 saturated heterocycles. The van der Waals surface area contributed by atoms with Gasteiger partial charge >= 0.3 is 6.09 Å². The predicted octanol–water partition coefficient (Wildman–Crippen LogP) is 4.21. The SMILES string of the molecule is CC(C)(C)OC(=O)N1CCC2(CC1)Cc1cccc(Br)c1C2=O.